The van der Waals surface area contributed by atoms with E-state index in [1.54, 1.807) is 20.8 Å². The summed E-state index contributed by atoms with van der Waals surface area (Å²) in [4.78, 5) is 10.0. The molecule has 0 N–H and O–H groups in total. The number of hydrogen-bond donors (Lipinski definition) is 0. The minimum atomic E-state index is -4.98. The summed E-state index contributed by atoms with van der Waals surface area (Å²) in [7, 11) is -4.64. The third-order valence-corrected chi connectivity index (χ3v) is 3.88. The average Bonchev–Trinajstić information content (AvgIpc) is 2.43. The van der Waals surface area contributed by atoms with Gasteiger partial charge in [-0.15, -0.1) is 0 Å². The van der Waals surface area contributed by atoms with E-state index in [0.717, 1.165) is 12.1 Å². The molecule has 1 rings (SSSR count). The third-order valence-electron chi connectivity index (χ3n) is 2.56. The highest BCUT2D eigenvalue weighted by atomic mass is 32.2. The second-order valence-corrected chi connectivity index (χ2v) is 7.64. The van der Waals surface area contributed by atoms with Crippen molar-refractivity contribution in [2.24, 2.45) is 5.41 Å². The maximum absolute atomic E-state index is 13.2. The molecule has 1 aromatic rings. The Kier molecular flexibility index (Phi) is 5.83. The van der Waals surface area contributed by atoms with Crippen LogP contribution in [-0.2, 0) is 25.3 Å². The molecule has 0 aliphatic heterocycles. The zero-order valence-electron chi connectivity index (χ0n) is 13.3. The summed E-state index contributed by atoms with van der Waals surface area (Å²) >= 11 is 0. The Morgan fingerprint density at radius 2 is 1.83 bits per heavy atom. The molecule has 1 aromatic carbocycles. The SMILES string of the molecule is C=CC(=O)Oc1ccc(S(=O)(=O)OCC(C)(C)C)c(C(F)(F)F)c1. The monoisotopic (exact) mass is 366 g/mol. The second-order valence-electron chi connectivity index (χ2n) is 6.06. The smallest absolute Gasteiger partial charge is 0.417 e. The quantitative estimate of drug-likeness (QED) is 0.345. The summed E-state index contributed by atoms with van der Waals surface area (Å²) in [6, 6.07) is 2.05. The molecule has 0 heterocycles. The molecule has 0 aromatic heterocycles. The van der Waals surface area contributed by atoms with Crippen LogP contribution in [0.1, 0.15) is 26.3 Å². The Balaban J connectivity index is 3.32. The molecule has 0 amide bonds. The van der Waals surface area contributed by atoms with Crippen LogP contribution >= 0.6 is 0 Å². The molecule has 0 saturated heterocycles. The van der Waals surface area contributed by atoms with Crippen molar-refractivity contribution in [2.75, 3.05) is 6.61 Å². The van der Waals surface area contributed by atoms with Gasteiger partial charge in [0.05, 0.1) is 12.2 Å². The van der Waals surface area contributed by atoms with E-state index in [-0.39, 0.29) is 6.61 Å². The van der Waals surface area contributed by atoms with Gasteiger partial charge in [0.25, 0.3) is 10.1 Å². The van der Waals surface area contributed by atoms with Gasteiger partial charge in [0, 0.05) is 6.08 Å². The molecule has 134 valence electrons. The molecular formula is C15H17F3O5S. The topological polar surface area (TPSA) is 69.7 Å². The minimum Gasteiger partial charge on any atom is -0.423 e. The van der Waals surface area contributed by atoms with Crippen LogP contribution in [0.3, 0.4) is 0 Å². The van der Waals surface area contributed by atoms with E-state index in [2.05, 4.69) is 11.3 Å². The van der Waals surface area contributed by atoms with Crippen LogP contribution in [0.4, 0.5) is 13.2 Å². The number of rotatable bonds is 5. The molecule has 0 radical (unpaired) electrons. The fourth-order valence-corrected chi connectivity index (χ4v) is 2.80. The molecule has 9 heteroatoms. The Bertz CT molecular complexity index is 730. The van der Waals surface area contributed by atoms with Crippen molar-refractivity contribution in [3.05, 3.63) is 36.4 Å². The molecular weight excluding hydrogens is 349 g/mol. The summed E-state index contributed by atoms with van der Waals surface area (Å²) in [5, 5.41) is 0. The van der Waals surface area contributed by atoms with Crippen LogP contribution in [0.2, 0.25) is 0 Å². The maximum Gasteiger partial charge on any atom is 0.417 e. The lowest BCUT2D eigenvalue weighted by Gasteiger charge is -2.19. The van der Waals surface area contributed by atoms with Gasteiger partial charge >= 0.3 is 12.1 Å². The van der Waals surface area contributed by atoms with E-state index in [0.29, 0.717) is 12.1 Å². The molecule has 24 heavy (non-hydrogen) atoms. The number of alkyl halides is 3. The van der Waals surface area contributed by atoms with Crippen molar-refractivity contribution in [2.45, 2.75) is 31.8 Å². The predicted molar refractivity (Wildman–Crippen MR) is 79.9 cm³/mol. The Morgan fingerprint density at radius 1 is 1.25 bits per heavy atom. The van der Waals surface area contributed by atoms with E-state index in [1.165, 1.54) is 0 Å². The Labute approximate surface area is 138 Å². The van der Waals surface area contributed by atoms with Crippen molar-refractivity contribution in [3.8, 4) is 5.75 Å². The van der Waals surface area contributed by atoms with Gasteiger partial charge in [-0.3, -0.25) is 4.18 Å². The van der Waals surface area contributed by atoms with Crippen molar-refractivity contribution in [3.63, 3.8) is 0 Å². The second kappa shape index (κ2) is 6.94. The molecule has 0 saturated carbocycles. The zero-order valence-corrected chi connectivity index (χ0v) is 14.1. The Morgan fingerprint density at radius 3 is 2.29 bits per heavy atom. The largest absolute Gasteiger partial charge is 0.423 e. The fourth-order valence-electron chi connectivity index (χ4n) is 1.49. The first-order valence-electron chi connectivity index (χ1n) is 6.71. The van der Waals surface area contributed by atoms with Crippen LogP contribution in [0.5, 0.6) is 5.75 Å². The molecule has 0 atom stereocenters. The molecule has 0 aliphatic rings. The number of hydrogen-bond acceptors (Lipinski definition) is 5. The van der Waals surface area contributed by atoms with Crippen LogP contribution in [0, 0.1) is 5.41 Å². The molecule has 0 fully saturated rings. The van der Waals surface area contributed by atoms with E-state index >= 15 is 0 Å². The lowest BCUT2D eigenvalue weighted by Crippen LogP contribution is -2.21. The number of carbonyl (C=O) groups excluding carboxylic acids is 1. The first-order chi connectivity index (χ1) is 10.8. The van der Waals surface area contributed by atoms with Gasteiger partial charge in [-0.05, 0) is 23.6 Å². The van der Waals surface area contributed by atoms with Gasteiger partial charge in [0.2, 0.25) is 0 Å². The summed E-state index contributed by atoms with van der Waals surface area (Å²) in [6.45, 7) is 7.84. The van der Waals surface area contributed by atoms with Crippen molar-refractivity contribution in [1.82, 2.24) is 0 Å². The predicted octanol–water partition coefficient (Wildman–Crippen LogP) is 3.55. The van der Waals surface area contributed by atoms with E-state index < -0.39 is 43.9 Å². The number of ether oxygens (including phenoxy) is 1. The molecule has 0 bridgehead atoms. The molecule has 0 unspecified atom stereocenters. The lowest BCUT2D eigenvalue weighted by atomic mass is 9.99. The summed E-state index contributed by atoms with van der Waals surface area (Å²) in [5.74, 6) is -1.43. The Hall–Kier alpha value is -1.87. The summed E-state index contributed by atoms with van der Waals surface area (Å²) in [5.41, 5.74) is -2.05. The van der Waals surface area contributed by atoms with Gasteiger partial charge in [-0.25, -0.2) is 4.79 Å². The minimum absolute atomic E-state index is 0.292. The summed E-state index contributed by atoms with van der Waals surface area (Å²) in [6.07, 6.45) is -4.21. The highest BCUT2D eigenvalue weighted by Crippen LogP contribution is 2.37. The third kappa shape index (κ3) is 5.64. The fraction of sp³-hybridized carbons (Fsp3) is 0.400. The van der Waals surface area contributed by atoms with Crippen molar-refractivity contribution in [1.29, 1.82) is 0 Å². The van der Waals surface area contributed by atoms with Gasteiger partial charge in [0.1, 0.15) is 10.6 Å². The number of carbonyl (C=O) groups is 1. The molecule has 5 nitrogen and oxygen atoms in total. The lowest BCUT2D eigenvalue weighted by molar-refractivity contribution is -0.140. The van der Waals surface area contributed by atoms with Crippen LogP contribution < -0.4 is 4.74 Å². The standard InChI is InChI=1S/C15H17F3O5S/c1-5-13(19)23-10-6-7-12(11(8-10)15(16,17)18)24(20,21)22-9-14(2,3)4/h5-8H,1,9H2,2-4H3. The molecule has 0 spiro atoms. The van der Waals surface area contributed by atoms with Gasteiger partial charge in [-0.2, -0.15) is 21.6 Å². The van der Waals surface area contributed by atoms with Crippen molar-refractivity contribution >= 4 is 16.1 Å². The van der Waals surface area contributed by atoms with Crippen LogP contribution in [0.15, 0.2) is 35.7 Å². The number of halogens is 3. The van der Waals surface area contributed by atoms with Gasteiger partial charge in [0.15, 0.2) is 0 Å². The molecule has 0 aliphatic carbocycles. The van der Waals surface area contributed by atoms with Crippen molar-refractivity contribution < 1.29 is 35.3 Å². The average molecular weight is 366 g/mol. The number of benzene rings is 1. The van der Waals surface area contributed by atoms with E-state index in [9.17, 15) is 26.4 Å². The first-order valence-corrected chi connectivity index (χ1v) is 8.12. The first kappa shape index (κ1) is 20.2. The highest BCUT2D eigenvalue weighted by Gasteiger charge is 2.38. The van der Waals surface area contributed by atoms with Crippen LogP contribution in [-0.4, -0.2) is 21.0 Å². The maximum atomic E-state index is 13.2. The number of esters is 1. The zero-order chi connectivity index (χ0) is 18.8. The van der Waals surface area contributed by atoms with Gasteiger partial charge < -0.3 is 4.74 Å². The van der Waals surface area contributed by atoms with Gasteiger partial charge in [-0.1, -0.05) is 27.4 Å². The van der Waals surface area contributed by atoms with E-state index in [4.69, 9.17) is 4.18 Å². The highest BCUT2D eigenvalue weighted by molar-refractivity contribution is 7.86. The van der Waals surface area contributed by atoms with E-state index in [1.807, 2.05) is 0 Å². The van der Waals surface area contributed by atoms with Crippen LogP contribution in [0.25, 0.3) is 0 Å². The normalized spacial score (nSPS) is 12.8. The summed E-state index contributed by atoms with van der Waals surface area (Å²) < 4.78 is 73.0.